The van der Waals surface area contributed by atoms with Gasteiger partial charge in [-0.3, -0.25) is 19.7 Å². The molecule has 6 aromatic heterocycles. The van der Waals surface area contributed by atoms with E-state index in [4.69, 9.17) is 34.2 Å². The van der Waals surface area contributed by atoms with Crippen LogP contribution in [0.3, 0.4) is 0 Å². The van der Waals surface area contributed by atoms with Gasteiger partial charge < -0.3 is 34.2 Å². The number of nitrogens with zero attached hydrogens (tertiary/aromatic N) is 6. The Hall–Kier alpha value is -9.38. The molecule has 8 aromatic rings. The summed E-state index contributed by atoms with van der Waals surface area (Å²) in [5, 5.41) is 0. The van der Waals surface area contributed by atoms with E-state index in [0.29, 0.717) is 67.9 Å². The second-order valence-electron chi connectivity index (χ2n) is 15.7. The molecule has 0 unspecified atom stereocenters. The zero-order chi connectivity index (χ0) is 50.4. The molecule has 0 aliphatic heterocycles. The maximum absolute atomic E-state index is 14.6. The van der Waals surface area contributed by atoms with Crippen molar-refractivity contribution >= 4 is 29.4 Å². The first-order chi connectivity index (χ1) is 35.1. The summed E-state index contributed by atoms with van der Waals surface area (Å²) in [5.74, 6) is -1.39. The Kier molecular flexibility index (Phi) is 15.9. The van der Waals surface area contributed by atoms with Gasteiger partial charge >= 0.3 is 17.9 Å². The van der Waals surface area contributed by atoms with Crippen LogP contribution in [0.1, 0.15) is 84.8 Å². The number of nitrogen functional groups attached to an aromatic ring is 1. The molecular formula is C55H47N7O10. The molecular weight excluding hydrogens is 919 g/mol. The minimum Gasteiger partial charge on any atom is -0.489 e. The number of nitrogens with two attached hydrogens (primary N) is 1. The molecule has 0 fully saturated rings. The molecule has 0 bridgehead atoms. The number of anilines is 1. The summed E-state index contributed by atoms with van der Waals surface area (Å²) >= 11 is 0. The van der Waals surface area contributed by atoms with E-state index < -0.39 is 23.7 Å². The van der Waals surface area contributed by atoms with Crippen molar-refractivity contribution in [3.8, 4) is 51.4 Å². The molecule has 0 saturated heterocycles. The van der Waals surface area contributed by atoms with E-state index in [9.17, 15) is 19.2 Å². The average molecular weight is 966 g/mol. The molecule has 8 rings (SSSR count). The minimum absolute atomic E-state index is 0.0257. The molecule has 0 atom stereocenters. The zero-order valence-electron chi connectivity index (χ0n) is 39.4. The Bertz CT molecular complexity index is 3080. The summed E-state index contributed by atoms with van der Waals surface area (Å²) in [4.78, 5) is 78.7. The lowest BCUT2D eigenvalue weighted by atomic mass is 10.0. The predicted molar refractivity (Wildman–Crippen MR) is 264 cm³/mol. The average Bonchev–Trinajstić information content (AvgIpc) is 3.42. The van der Waals surface area contributed by atoms with E-state index in [1.54, 1.807) is 161 Å². The van der Waals surface area contributed by atoms with Gasteiger partial charge in [0.05, 0.1) is 54.0 Å². The van der Waals surface area contributed by atoms with Gasteiger partial charge in [0, 0.05) is 58.7 Å². The number of aromatic nitrogens is 6. The van der Waals surface area contributed by atoms with Crippen LogP contribution in [0.4, 0.5) is 5.69 Å². The van der Waals surface area contributed by atoms with Gasteiger partial charge in [-0.2, -0.15) is 0 Å². The topological polar surface area (TPSA) is 227 Å². The van der Waals surface area contributed by atoms with Crippen molar-refractivity contribution in [2.24, 2.45) is 0 Å². The fraction of sp³-hybridized carbons (Fsp3) is 0.164. The molecule has 362 valence electrons. The minimum atomic E-state index is -0.535. The predicted octanol–water partition coefficient (Wildman–Crippen LogP) is 9.14. The van der Waals surface area contributed by atoms with Crippen LogP contribution in [-0.2, 0) is 34.0 Å². The Balaban J connectivity index is 1.09. The number of benzene rings is 2. The Morgan fingerprint density at radius 2 is 0.819 bits per heavy atom. The first kappa shape index (κ1) is 49.1. The number of hydrogen-bond acceptors (Lipinski definition) is 17. The second-order valence-corrected chi connectivity index (χ2v) is 15.7. The summed E-state index contributed by atoms with van der Waals surface area (Å²) in [5.41, 5.74) is 12.5. The van der Waals surface area contributed by atoms with Gasteiger partial charge in [0.2, 0.25) is 5.78 Å². The van der Waals surface area contributed by atoms with E-state index in [1.165, 1.54) is 0 Å². The van der Waals surface area contributed by atoms with E-state index in [-0.39, 0.29) is 73.8 Å². The Morgan fingerprint density at radius 3 is 1.17 bits per heavy atom. The SMILES string of the molecule is CCOC(=O)c1cccc(-c2ccc(COc3cc(OCc4ccc(-c5cccc(C(=O)OCC)n5)nc4)c(C(=O)c4ccc(N)cc4)c(OCc4ccc(-c5cccc(C(=O)OCC)n5)nc4)c3)cn2)n1. The van der Waals surface area contributed by atoms with E-state index in [1.807, 2.05) is 6.07 Å². The standard InChI is InChI=1S/C55H47N7O10/c1-4-67-53(64)46-13-7-10-43(60-46)40-23-16-34(28-57-40)31-70-39-26-49(71-32-35-17-24-41(58-29-35)44-11-8-14-47(61-44)54(65)68-5-2)51(52(63)37-19-21-38(56)22-20-37)50(27-39)72-33-36-18-25-42(59-30-36)45-12-9-15-48(62-45)55(66)69-6-3/h7-30H,4-6,31-33,56H2,1-3H3. The Labute approximate surface area is 414 Å². The molecule has 0 amide bonds. The van der Waals surface area contributed by atoms with Crippen LogP contribution >= 0.6 is 0 Å². The van der Waals surface area contributed by atoms with E-state index in [2.05, 4.69) is 29.9 Å². The fourth-order valence-electron chi connectivity index (χ4n) is 7.04. The smallest absolute Gasteiger partial charge is 0.356 e. The molecule has 0 spiro atoms. The fourth-order valence-corrected chi connectivity index (χ4v) is 7.04. The van der Waals surface area contributed by atoms with Crippen molar-refractivity contribution in [1.29, 1.82) is 0 Å². The lowest BCUT2D eigenvalue weighted by Crippen LogP contribution is -2.10. The van der Waals surface area contributed by atoms with Gasteiger partial charge in [-0.1, -0.05) is 36.4 Å². The van der Waals surface area contributed by atoms with Crippen molar-refractivity contribution in [1.82, 2.24) is 29.9 Å². The van der Waals surface area contributed by atoms with Crippen molar-refractivity contribution in [3.05, 3.63) is 191 Å². The maximum atomic E-state index is 14.6. The summed E-state index contributed by atoms with van der Waals surface area (Å²) < 4.78 is 34.7. The van der Waals surface area contributed by atoms with Gasteiger partial charge in [0.25, 0.3) is 0 Å². The lowest BCUT2D eigenvalue weighted by molar-refractivity contribution is 0.0510. The number of carbonyl (C=O) groups excluding carboxylic acids is 4. The van der Waals surface area contributed by atoms with Crippen molar-refractivity contribution in [3.63, 3.8) is 0 Å². The first-order valence-corrected chi connectivity index (χ1v) is 22.8. The van der Waals surface area contributed by atoms with Crippen LogP contribution < -0.4 is 19.9 Å². The molecule has 17 nitrogen and oxygen atoms in total. The molecule has 0 radical (unpaired) electrons. The quantitative estimate of drug-likeness (QED) is 0.0325. The molecule has 2 N–H and O–H groups in total. The molecule has 72 heavy (non-hydrogen) atoms. The van der Waals surface area contributed by atoms with Crippen molar-refractivity contribution < 1.29 is 47.6 Å². The first-order valence-electron chi connectivity index (χ1n) is 22.8. The van der Waals surface area contributed by atoms with Crippen LogP contribution in [-0.4, -0.2) is 73.4 Å². The highest BCUT2D eigenvalue weighted by atomic mass is 16.5. The number of pyridine rings is 6. The molecule has 2 aromatic carbocycles. The molecule has 0 aliphatic carbocycles. The highest BCUT2D eigenvalue weighted by molar-refractivity contribution is 6.13. The summed E-state index contributed by atoms with van der Waals surface area (Å²) in [6, 6.07) is 35.5. The summed E-state index contributed by atoms with van der Waals surface area (Å²) in [6.45, 7) is 5.84. The number of hydrogen-bond donors (Lipinski definition) is 1. The number of esters is 3. The lowest BCUT2D eigenvalue weighted by Gasteiger charge is -2.18. The number of carbonyl (C=O) groups is 4. The van der Waals surface area contributed by atoms with Crippen molar-refractivity contribution in [2.75, 3.05) is 25.6 Å². The third-order valence-corrected chi connectivity index (χ3v) is 10.6. The number of ketones is 1. The van der Waals surface area contributed by atoms with Crippen LogP contribution in [0.2, 0.25) is 0 Å². The zero-order valence-corrected chi connectivity index (χ0v) is 39.4. The summed E-state index contributed by atoms with van der Waals surface area (Å²) in [6.07, 6.45) is 4.87. The normalized spacial score (nSPS) is 10.8. The maximum Gasteiger partial charge on any atom is 0.356 e. The highest BCUT2D eigenvalue weighted by Crippen LogP contribution is 2.38. The highest BCUT2D eigenvalue weighted by Gasteiger charge is 2.24. The van der Waals surface area contributed by atoms with Crippen molar-refractivity contribution in [2.45, 2.75) is 40.6 Å². The third kappa shape index (κ3) is 12.3. The molecule has 6 heterocycles. The van der Waals surface area contributed by atoms with E-state index in [0.717, 1.165) is 0 Å². The van der Waals surface area contributed by atoms with Crippen LogP contribution in [0.25, 0.3) is 34.2 Å². The van der Waals surface area contributed by atoms with Gasteiger partial charge in [-0.15, -0.1) is 0 Å². The second kappa shape index (κ2) is 23.3. The summed E-state index contributed by atoms with van der Waals surface area (Å²) in [7, 11) is 0. The van der Waals surface area contributed by atoms with Gasteiger partial charge in [0.15, 0.2) is 0 Å². The van der Waals surface area contributed by atoms with Crippen LogP contribution in [0.15, 0.2) is 146 Å². The number of ether oxygens (including phenoxy) is 6. The number of rotatable bonds is 20. The van der Waals surface area contributed by atoms with Gasteiger partial charge in [-0.25, -0.2) is 29.3 Å². The van der Waals surface area contributed by atoms with E-state index >= 15 is 0 Å². The largest absolute Gasteiger partial charge is 0.489 e. The Morgan fingerprint density at radius 1 is 0.444 bits per heavy atom. The van der Waals surface area contributed by atoms with Crippen LogP contribution in [0, 0.1) is 0 Å². The molecule has 0 aliphatic rings. The van der Waals surface area contributed by atoms with Gasteiger partial charge in [-0.05, 0) is 99.6 Å². The monoisotopic (exact) mass is 965 g/mol. The third-order valence-electron chi connectivity index (χ3n) is 10.6. The molecule has 17 heteroatoms. The van der Waals surface area contributed by atoms with Gasteiger partial charge in [0.1, 0.15) is 59.7 Å². The molecule has 0 saturated carbocycles. The van der Waals surface area contributed by atoms with Crippen LogP contribution in [0.5, 0.6) is 17.2 Å².